The van der Waals surface area contributed by atoms with Gasteiger partial charge in [-0.1, -0.05) is 0 Å². The van der Waals surface area contributed by atoms with Gasteiger partial charge in [-0.05, 0) is 12.1 Å². The Morgan fingerprint density at radius 2 is 2.47 bits per heavy atom. The van der Waals surface area contributed by atoms with E-state index < -0.39 is 0 Å². The van der Waals surface area contributed by atoms with Gasteiger partial charge in [0.2, 0.25) is 0 Å². The molecule has 2 rings (SSSR count). The van der Waals surface area contributed by atoms with Gasteiger partial charge in [-0.2, -0.15) is 0 Å². The highest BCUT2D eigenvalue weighted by Crippen LogP contribution is 2.17. The van der Waals surface area contributed by atoms with Gasteiger partial charge in [0.15, 0.2) is 6.29 Å². The summed E-state index contributed by atoms with van der Waals surface area (Å²) in [6, 6.07) is 3.73. The number of aromatic nitrogens is 2. The zero-order chi connectivity index (χ0) is 10.7. The van der Waals surface area contributed by atoms with Crippen LogP contribution in [0.5, 0.6) is 0 Å². The Kier molecular flexibility index (Phi) is 2.78. The molecule has 2 aromatic heterocycles. The largest absolute Gasteiger partial charge is 0.383 e. The number of carbonyl (C=O) groups is 1. The van der Waals surface area contributed by atoms with Crippen LogP contribution in [0.3, 0.4) is 0 Å². The molecule has 0 aliphatic heterocycles. The first-order valence-electron chi connectivity index (χ1n) is 4.75. The summed E-state index contributed by atoms with van der Waals surface area (Å²) >= 11 is 0. The maximum absolute atomic E-state index is 10.8. The second-order valence-corrected chi connectivity index (χ2v) is 3.26. The van der Waals surface area contributed by atoms with Crippen molar-refractivity contribution < 1.29 is 9.53 Å². The lowest BCUT2D eigenvalue weighted by atomic mass is 10.2. The smallest absolute Gasteiger partial charge is 0.152 e. The van der Waals surface area contributed by atoms with Crippen molar-refractivity contribution in [3.8, 4) is 0 Å². The first-order chi connectivity index (χ1) is 7.36. The molecule has 0 saturated heterocycles. The van der Waals surface area contributed by atoms with E-state index in [-0.39, 0.29) is 0 Å². The third-order valence-electron chi connectivity index (χ3n) is 2.33. The number of aldehydes is 1. The van der Waals surface area contributed by atoms with E-state index in [1.54, 1.807) is 13.3 Å². The highest BCUT2D eigenvalue weighted by Gasteiger charge is 2.07. The molecule has 0 unspecified atom stereocenters. The zero-order valence-corrected chi connectivity index (χ0v) is 8.51. The van der Waals surface area contributed by atoms with Crippen LogP contribution in [0.2, 0.25) is 0 Å². The minimum absolute atomic E-state index is 0.610. The lowest BCUT2D eigenvalue weighted by Gasteiger charge is -2.02. The van der Waals surface area contributed by atoms with Gasteiger partial charge in [-0.25, -0.2) is 4.98 Å². The van der Waals surface area contributed by atoms with Crippen LogP contribution < -0.4 is 0 Å². The van der Waals surface area contributed by atoms with E-state index in [0.717, 1.165) is 17.3 Å². The Morgan fingerprint density at radius 3 is 3.20 bits per heavy atom. The predicted molar refractivity (Wildman–Crippen MR) is 57.0 cm³/mol. The fourth-order valence-corrected chi connectivity index (χ4v) is 1.60. The predicted octanol–water partition coefficient (Wildman–Crippen LogP) is 1.50. The number of hydrogen-bond donors (Lipinski definition) is 0. The summed E-state index contributed by atoms with van der Waals surface area (Å²) in [7, 11) is 1.65. The van der Waals surface area contributed by atoms with Crippen LogP contribution in [0.15, 0.2) is 24.5 Å². The van der Waals surface area contributed by atoms with E-state index in [4.69, 9.17) is 4.74 Å². The Hall–Kier alpha value is -1.68. The topological polar surface area (TPSA) is 44.1 Å². The maximum Gasteiger partial charge on any atom is 0.152 e. The molecule has 0 radical (unpaired) electrons. The minimum atomic E-state index is 0.610. The average molecular weight is 204 g/mol. The fourth-order valence-electron chi connectivity index (χ4n) is 1.60. The van der Waals surface area contributed by atoms with Gasteiger partial charge in [0, 0.05) is 37.0 Å². The van der Waals surface area contributed by atoms with E-state index in [0.29, 0.717) is 18.7 Å². The van der Waals surface area contributed by atoms with E-state index in [1.807, 2.05) is 22.9 Å². The van der Waals surface area contributed by atoms with Crippen LogP contribution in [0.25, 0.3) is 11.0 Å². The van der Waals surface area contributed by atoms with Gasteiger partial charge >= 0.3 is 0 Å². The lowest BCUT2D eigenvalue weighted by Crippen LogP contribution is -2.03. The van der Waals surface area contributed by atoms with Gasteiger partial charge < -0.3 is 9.30 Å². The molecule has 0 aromatic carbocycles. The van der Waals surface area contributed by atoms with E-state index in [1.165, 1.54) is 0 Å². The molecule has 4 nitrogen and oxygen atoms in total. The molecule has 4 heteroatoms. The monoisotopic (exact) mass is 204 g/mol. The summed E-state index contributed by atoms with van der Waals surface area (Å²) < 4.78 is 6.93. The molecule has 0 saturated carbocycles. The summed E-state index contributed by atoms with van der Waals surface area (Å²) in [5.41, 5.74) is 1.51. The number of fused-ring (bicyclic) bond motifs is 1. The average Bonchev–Trinajstić information content (AvgIpc) is 2.65. The van der Waals surface area contributed by atoms with Gasteiger partial charge in [0.05, 0.1) is 6.61 Å². The Bertz CT molecular complexity index is 476. The Morgan fingerprint density at radius 1 is 1.60 bits per heavy atom. The van der Waals surface area contributed by atoms with Crippen molar-refractivity contribution in [2.45, 2.75) is 6.54 Å². The molecule has 15 heavy (non-hydrogen) atoms. The molecular weight excluding hydrogens is 192 g/mol. The Balaban J connectivity index is 2.50. The second kappa shape index (κ2) is 4.23. The number of carbonyl (C=O) groups excluding carboxylic acids is 1. The highest BCUT2D eigenvalue weighted by molar-refractivity contribution is 5.95. The fraction of sp³-hybridized carbons (Fsp3) is 0.273. The van der Waals surface area contributed by atoms with Crippen LogP contribution in [-0.4, -0.2) is 29.6 Å². The number of pyridine rings is 1. The van der Waals surface area contributed by atoms with Crippen molar-refractivity contribution in [2.75, 3.05) is 13.7 Å². The molecule has 0 fully saturated rings. The molecule has 0 atom stereocenters. The number of ether oxygens (including phenoxy) is 1. The SMILES string of the molecule is COCCn1cc(C=O)c2cccnc21. The number of rotatable bonds is 4. The second-order valence-electron chi connectivity index (χ2n) is 3.26. The van der Waals surface area contributed by atoms with E-state index >= 15 is 0 Å². The van der Waals surface area contributed by atoms with Gasteiger partial charge in [-0.3, -0.25) is 4.79 Å². The van der Waals surface area contributed by atoms with Crippen molar-refractivity contribution in [1.82, 2.24) is 9.55 Å². The van der Waals surface area contributed by atoms with Gasteiger partial charge in [-0.15, -0.1) is 0 Å². The zero-order valence-electron chi connectivity index (χ0n) is 8.51. The third kappa shape index (κ3) is 1.76. The summed E-state index contributed by atoms with van der Waals surface area (Å²) in [5, 5.41) is 0.892. The number of hydrogen-bond acceptors (Lipinski definition) is 3. The van der Waals surface area contributed by atoms with Crippen molar-refractivity contribution in [2.24, 2.45) is 0 Å². The summed E-state index contributed by atoms with van der Waals surface area (Å²) in [6.07, 6.45) is 4.39. The van der Waals surface area contributed by atoms with E-state index in [2.05, 4.69) is 4.98 Å². The molecule has 0 bridgehead atoms. The molecule has 0 amide bonds. The third-order valence-corrected chi connectivity index (χ3v) is 2.33. The van der Waals surface area contributed by atoms with Crippen molar-refractivity contribution in [1.29, 1.82) is 0 Å². The molecule has 78 valence electrons. The van der Waals surface area contributed by atoms with Crippen molar-refractivity contribution >= 4 is 17.3 Å². The van der Waals surface area contributed by atoms with Crippen LogP contribution in [-0.2, 0) is 11.3 Å². The highest BCUT2D eigenvalue weighted by atomic mass is 16.5. The normalized spacial score (nSPS) is 10.7. The molecule has 2 aromatic rings. The molecule has 0 N–H and O–H groups in total. The number of nitrogens with zero attached hydrogens (tertiary/aromatic N) is 2. The van der Waals surface area contributed by atoms with Crippen LogP contribution >= 0.6 is 0 Å². The Labute approximate surface area is 87.5 Å². The van der Waals surface area contributed by atoms with Crippen molar-refractivity contribution in [3.63, 3.8) is 0 Å². The molecule has 2 heterocycles. The first-order valence-corrected chi connectivity index (χ1v) is 4.75. The molecule has 0 aliphatic carbocycles. The van der Waals surface area contributed by atoms with Crippen molar-refractivity contribution in [3.05, 3.63) is 30.1 Å². The maximum atomic E-state index is 10.8. The summed E-state index contributed by atoms with van der Waals surface area (Å²) in [6.45, 7) is 1.32. The standard InChI is InChI=1S/C11H12N2O2/c1-15-6-5-13-7-9(8-14)10-3-2-4-12-11(10)13/h2-4,7-8H,5-6H2,1H3. The summed E-state index contributed by atoms with van der Waals surface area (Å²) in [4.78, 5) is 15.1. The molecule has 0 spiro atoms. The minimum Gasteiger partial charge on any atom is -0.383 e. The molecule has 0 aliphatic rings. The van der Waals surface area contributed by atoms with E-state index in [9.17, 15) is 4.79 Å². The summed E-state index contributed by atoms with van der Waals surface area (Å²) in [5.74, 6) is 0. The molecular formula is C11H12N2O2. The number of methoxy groups -OCH3 is 1. The van der Waals surface area contributed by atoms with Crippen LogP contribution in [0.1, 0.15) is 10.4 Å². The van der Waals surface area contributed by atoms with Crippen LogP contribution in [0.4, 0.5) is 0 Å². The van der Waals surface area contributed by atoms with Gasteiger partial charge in [0.1, 0.15) is 5.65 Å². The quantitative estimate of drug-likeness (QED) is 0.709. The first kappa shape index (κ1) is 9.86. The lowest BCUT2D eigenvalue weighted by molar-refractivity contribution is 0.112. The van der Waals surface area contributed by atoms with Gasteiger partial charge in [0.25, 0.3) is 0 Å². The van der Waals surface area contributed by atoms with Crippen LogP contribution in [0, 0.1) is 0 Å².